The average molecular weight is 320 g/mol. The largest absolute Gasteiger partial charge is 0.340 e. The van der Waals surface area contributed by atoms with Gasteiger partial charge in [0.25, 0.3) is 0 Å². The second kappa shape index (κ2) is 4.81. The molecule has 1 aromatic carbocycles. The van der Waals surface area contributed by atoms with Gasteiger partial charge in [-0.25, -0.2) is 0 Å². The van der Waals surface area contributed by atoms with Gasteiger partial charge in [0, 0.05) is 27.5 Å². The fraction of sp³-hybridized carbons (Fsp3) is 0.286. The molecule has 3 rings (SSSR count). The van der Waals surface area contributed by atoms with E-state index >= 15 is 0 Å². The minimum absolute atomic E-state index is 0.261. The van der Waals surface area contributed by atoms with Crippen LogP contribution in [-0.2, 0) is 6.54 Å². The van der Waals surface area contributed by atoms with E-state index in [2.05, 4.69) is 42.8 Å². The van der Waals surface area contributed by atoms with Crippen LogP contribution in [-0.4, -0.2) is 14.7 Å². The molecule has 0 bridgehead atoms. The maximum absolute atomic E-state index is 5.23. The van der Waals surface area contributed by atoms with Crippen molar-refractivity contribution >= 4 is 26.8 Å². The average Bonchev–Trinajstić information content (AvgIpc) is 2.98. The summed E-state index contributed by atoms with van der Waals surface area (Å²) in [5.74, 6) is 1.66. The molecule has 0 N–H and O–H groups in total. The molecule has 0 saturated heterocycles. The van der Waals surface area contributed by atoms with Crippen LogP contribution in [0.25, 0.3) is 10.9 Å². The highest BCUT2D eigenvalue weighted by Crippen LogP contribution is 2.25. The lowest BCUT2D eigenvalue weighted by Crippen LogP contribution is -2.00. The topological polar surface area (TPSA) is 43.9 Å². The molecule has 2 heterocycles. The summed E-state index contributed by atoms with van der Waals surface area (Å²) in [6.07, 6.45) is 2.04. The molecule has 5 heteroatoms. The number of nitrogens with zero attached hydrogens (tertiary/aromatic N) is 3. The molecule has 3 aromatic rings. The van der Waals surface area contributed by atoms with Crippen LogP contribution in [0.5, 0.6) is 0 Å². The Labute approximate surface area is 119 Å². The van der Waals surface area contributed by atoms with Crippen molar-refractivity contribution in [3.05, 3.63) is 46.7 Å². The fourth-order valence-electron chi connectivity index (χ4n) is 2.04. The number of fused-ring (bicyclic) bond motifs is 1. The first-order chi connectivity index (χ1) is 9.15. The van der Waals surface area contributed by atoms with Crippen molar-refractivity contribution in [1.29, 1.82) is 0 Å². The quantitative estimate of drug-likeness (QED) is 0.734. The zero-order valence-electron chi connectivity index (χ0n) is 10.8. The van der Waals surface area contributed by atoms with E-state index in [-0.39, 0.29) is 5.92 Å². The highest BCUT2D eigenvalue weighted by Gasteiger charge is 2.11. The number of aromatic nitrogens is 3. The molecule has 0 saturated carbocycles. The second-order valence-corrected chi connectivity index (χ2v) is 5.67. The van der Waals surface area contributed by atoms with Crippen molar-refractivity contribution in [1.82, 2.24) is 14.7 Å². The van der Waals surface area contributed by atoms with Gasteiger partial charge in [0.05, 0.1) is 6.54 Å². The lowest BCUT2D eigenvalue weighted by atomic mass is 10.2. The number of halogens is 1. The minimum atomic E-state index is 0.261. The molecule has 0 aliphatic rings. The maximum Gasteiger partial charge on any atom is 0.229 e. The van der Waals surface area contributed by atoms with Gasteiger partial charge in [-0.05, 0) is 18.2 Å². The zero-order chi connectivity index (χ0) is 13.4. The summed E-state index contributed by atoms with van der Waals surface area (Å²) in [5.41, 5.74) is 1.16. The molecule has 0 amide bonds. The van der Waals surface area contributed by atoms with Gasteiger partial charge in [-0.15, -0.1) is 0 Å². The third-order valence-corrected chi connectivity index (χ3v) is 3.74. The zero-order valence-corrected chi connectivity index (χ0v) is 12.4. The van der Waals surface area contributed by atoms with Gasteiger partial charge in [-0.3, -0.25) is 0 Å². The van der Waals surface area contributed by atoms with E-state index in [0.717, 1.165) is 9.99 Å². The van der Waals surface area contributed by atoms with Crippen molar-refractivity contribution < 1.29 is 4.52 Å². The summed E-state index contributed by atoms with van der Waals surface area (Å²) in [6, 6.07) is 8.24. The first-order valence-electron chi connectivity index (χ1n) is 6.21. The molecule has 0 aliphatic carbocycles. The summed E-state index contributed by atoms with van der Waals surface area (Å²) in [6.45, 7) is 4.70. The molecular weight excluding hydrogens is 306 g/mol. The van der Waals surface area contributed by atoms with Crippen LogP contribution in [0.2, 0.25) is 0 Å². The van der Waals surface area contributed by atoms with Crippen LogP contribution >= 0.6 is 15.9 Å². The van der Waals surface area contributed by atoms with E-state index in [1.165, 1.54) is 5.39 Å². The van der Waals surface area contributed by atoms with E-state index in [1.807, 2.05) is 32.2 Å². The van der Waals surface area contributed by atoms with Gasteiger partial charge in [0.1, 0.15) is 0 Å². The van der Waals surface area contributed by atoms with E-state index in [4.69, 9.17) is 4.52 Å². The van der Waals surface area contributed by atoms with Crippen molar-refractivity contribution in [2.45, 2.75) is 26.3 Å². The minimum Gasteiger partial charge on any atom is -0.340 e. The highest BCUT2D eigenvalue weighted by molar-refractivity contribution is 9.10. The summed E-state index contributed by atoms with van der Waals surface area (Å²) >= 11 is 3.56. The summed E-state index contributed by atoms with van der Waals surface area (Å²) in [4.78, 5) is 4.40. The first-order valence-corrected chi connectivity index (χ1v) is 7.00. The predicted octanol–water partition coefficient (Wildman–Crippen LogP) is 3.96. The lowest BCUT2D eigenvalue weighted by Gasteiger charge is -2.02. The third-order valence-electron chi connectivity index (χ3n) is 3.05. The van der Waals surface area contributed by atoms with Gasteiger partial charge < -0.3 is 9.09 Å². The molecule has 2 aromatic heterocycles. The monoisotopic (exact) mass is 319 g/mol. The summed E-state index contributed by atoms with van der Waals surface area (Å²) in [5, 5.41) is 5.21. The molecule has 0 atom stereocenters. The van der Waals surface area contributed by atoms with Crippen molar-refractivity contribution in [2.24, 2.45) is 0 Å². The van der Waals surface area contributed by atoms with Crippen molar-refractivity contribution in [3.63, 3.8) is 0 Å². The molecule has 0 fully saturated rings. The lowest BCUT2D eigenvalue weighted by molar-refractivity contribution is 0.360. The van der Waals surface area contributed by atoms with Crippen molar-refractivity contribution in [3.8, 4) is 0 Å². The molecular formula is C14H14BrN3O. The third kappa shape index (κ3) is 2.30. The van der Waals surface area contributed by atoms with Crippen LogP contribution < -0.4 is 0 Å². The second-order valence-electron chi connectivity index (χ2n) is 4.82. The standard InChI is InChI=1S/C14H14BrN3O/c1-9(2)14-16-13(17-19-14)8-18-7-6-10-11(15)4-3-5-12(10)18/h3-7,9H,8H2,1-2H3. The molecule has 19 heavy (non-hydrogen) atoms. The van der Waals surface area contributed by atoms with Gasteiger partial charge in [-0.1, -0.05) is 41.0 Å². The van der Waals surface area contributed by atoms with Gasteiger partial charge >= 0.3 is 0 Å². The SMILES string of the molecule is CC(C)c1nc(Cn2ccc3c(Br)cccc32)no1. The van der Waals surface area contributed by atoms with Crippen LogP contribution in [0.15, 0.2) is 39.5 Å². The number of rotatable bonds is 3. The predicted molar refractivity (Wildman–Crippen MR) is 77.1 cm³/mol. The Morgan fingerprint density at radius 1 is 1.32 bits per heavy atom. The molecule has 98 valence electrons. The van der Waals surface area contributed by atoms with Gasteiger partial charge in [0.2, 0.25) is 5.89 Å². The number of hydrogen-bond donors (Lipinski definition) is 0. The fourth-order valence-corrected chi connectivity index (χ4v) is 2.53. The summed E-state index contributed by atoms with van der Waals surface area (Å²) in [7, 11) is 0. The van der Waals surface area contributed by atoms with E-state index < -0.39 is 0 Å². The Balaban J connectivity index is 1.94. The normalized spacial score (nSPS) is 11.6. The molecule has 4 nitrogen and oxygen atoms in total. The summed E-state index contributed by atoms with van der Waals surface area (Å²) < 4.78 is 8.44. The number of benzene rings is 1. The maximum atomic E-state index is 5.23. The highest BCUT2D eigenvalue weighted by atomic mass is 79.9. The molecule has 0 unspecified atom stereocenters. The van der Waals surface area contributed by atoms with Crippen molar-refractivity contribution in [2.75, 3.05) is 0 Å². The van der Waals surface area contributed by atoms with Gasteiger partial charge in [-0.2, -0.15) is 4.98 Å². The number of hydrogen-bond acceptors (Lipinski definition) is 3. The Hall–Kier alpha value is -1.62. The first kappa shape index (κ1) is 12.4. The van der Waals surface area contributed by atoms with E-state index in [0.29, 0.717) is 18.3 Å². The Morgan fingerprint density at radius 2 is 2.16 bits per heavy atom. The Bertz CT molecular complexity index is 714. The smallest absolute Gasteiger partial charge is 0.229 e. The molecule has 0 spiro atoms. The molecule has 0 radical (unpaired) electrons. The molecule has 0 aliphatic heterocycles. The Kier molecular flexibility index (Phi) is 3.14. The Morgan fingerprint density at radius 3 is 2.89 bits per heavy atom. The van der Waals surface area contributed by atoms with Crippen LogP contribution in [0, 0.1) is 0 Å². The van der Waals surface area contributed by atoms with Gasteiger partial charge in [0.15, 0.2) is 5.82 Å². The van der Waals surface area contributed by atoms with E-state index in [1.54, 1.807) is 0 Å². The van der Waals surface area contributed by atoms with Crippen LogP contribution in [0.3, 0.4) is 0 Å². The van der Waals surface area contributed by atoms with Crippen LogP contribution in [0.4, 0.5) is 0 Å². The van der Waals surface area contributed by atoms with Crippen LogP contribution in [0.1, 0.15) is 31.5 Å². The van der Waals surface area contributed by atoms with E-state index in [9.17, 15) is 0 Å².